The van der Waals surface area contributed by atoms with Crippen LogP contribution >= 0.6 is 0 Å². The van der Waals surface area contributed by atoms with Crippen LogP contribution in [0.4, 0.5) is 11.4 Å². The second kappa shape index (κ2) is 5.09. The van der Waals surface area contributed by atoms with Crippen molar-refractivity contribution in [2.24, 2.45) is 5.41 Å². The number of hydrogen-bond acceptors (Lipinski definition) is 3. The SMILES string of the molecule is COc1ccc(N)c(NC2CCCCC2(C)C)c1. The molecule has 0 amide bonds. The molecular weight excluding hydrogens is 224 g/mol. The van der Waals surface area contributed by atoms with Crippen molar-refractivity contribution in [2.45, 2.75) is 45.6 Å². The topological polar surface area (TPSA) is 47.3 Å². The highest BCUT2D eigenvalue weighted by molar-refractivity contribution is 5.68. The highest BCUT2D eigenvalue weighted by atomic mass is 16.5. The zero-order valence-electron chi connectivity index (χ0n) is 11.6. The minimum atomic E-state index is 0.327. The van der Waals surface area contributed by atoms with Crippen LogP contribution in [0.25, 0.3) is 0 Å². The molecule has 0 heterocycles. The van der Waals surface area contributed by atoms with E-state index < -0.39 is 0 Å². The lowest BCUT2D eigenvalue weighted by molar-refractivity contribution is 0.217. The molecule has 3 heteroatoms. The molecule has 0 aromatic heterocycles. The van der Waals surface area contributed by atoms with Gasteiger partial charge in [0, 0.05) is 12.1 Å². The van der Waals surface area contributed by atoms with Gasteiger partial charge in [0.05, 0.1) is 18.5 Å². The Kier molecular flexibility index (Phi) is 3.69. The molecule has 0 radical (unpaired) electrons. The fourth-order valence-electron chi connectivity index (χ4n) is 2.74. The molecule has 1 aliphatic carbocycles. The summed E-state index contributed by atoms with van der Waals surface area (Å²) < 4.78 is 5.26. The third kappa shape index (κ3) is 2.71. The van der Waals surface area contributed by atoms with Crippen LogP contribution in [0.1, 0.15) is 39.5 Å². The number of benzene rings is 1. The van der Waals surface area contributed by atoms with Gasteiger partial charge in [0.15, 0.2) is 0 Å². The third-order valence-electron chi connectivity index (χ3n) is 4.10. The Balaban J connectivity index is 2.17. The number of nitrogens with one attached hydrogen (secondary N) is 1. The fourth-order valence-corrected chi connectivity index (χ4v) is 2.74. The predicted octanol–water partition coefficient (Wildman–Crippen LogP) is 3.66. The van der Waals surface area contributed by atoms with Gasteiger partial charge in [0.1, 0.15) is 5.75 Å². The lowest BCUT2D eigenvalue weighted by Crippen LogP contribution is -2.39. The van der Waals surface area contributed by atoms with Crippen molar-refractivity contribution in [3.8, 4) is 5.75 Å². The molecule has 3 N–H and O–H groups in total. The highest BCUT2D eigenvalue weighted by Gasteiger charge is 2.32. The zero-order valence-corrected chi connectivity index (χ0v) is 11.6. The normalized spacial score (nSPS) is 22.5. The molecule has 0 spiro atoms. The summed E-state index contributed by atoms with van der Waals surface area (Å²) in [6.07, 6.45) is 5.11. The van der Waals surface area contributed by atoms with Gasteiger partial charge in [-0.1, -0.05) is 26.7 Å². The lowest BCUT2D eigenvalue weighted by Gasteiger charge is -2.39. The number of nitrogens with two attached hydrogens (primary N) is 1. The molecule has 1 unspecified atom stereocenters. The Bertz CT molecular complexity index is 415. The molecule has 1 saturated carbocycles. The molecule has 100 valence electrons. The van der Waals surface area contributed by atoms with Crippen LogP contribution in [0.15, 0.2) is 18.2 Å². The Hall–Kier alpha value is -1.38. The van der Waals surface area contributed by atoms with E-state index in [0.29, 0.717) is 11.5 Å². The molecule has 0 saturated heterocycles. The Morgan fingerprint density at radius 2 is 2.11 bits per heavy atom. The number of hydrogen-bond donors (Lipinski definition) is 2. The van der Waals surface area contributed by atoms with Crippen molar-refractivity contribution >= 4 is 11.4 Å². The van der Waals surface area contributed by atoms with E-state index >= 15 is 0 Å². The first-order valence-electron chi connectivity index (χ1n) is 6.73. The van der Waals surface area contributed by atoms with Gasteiger partial charge >= 0.3 is 0 Å². The molecule has 2 rings (SSSR count). The minimum absolute atomic E-state index is 0.327. The van der Waals surface area contributed by atoms with Gasteiger partial charge in [-0.25, -0.2) is 0 Å². The summed E-state index contributed by atoms with van der Waals surface area (Å²) >= 11 is 0. The van der Waals surface area contributed by atoms with E-state index in [1.807, 2.05) is 18.2 Å². The van der Waals surface area contributed by atoms with Crippen LogP contribution in [0, 0.1) is 5.41 Å². The monoisotopic (exact) mass is 248 g/mol. The average Bonchev–Trinajstić information content (AvgIpc) is 2.34. The highest BCUT2D eigenvalue weighted by Crippen LogP contribution is 2.38. The quantitative estimate of drug-likeness (QED) is 0.802. The molecule has 1 fully saturated rings. The van der Waals surface area contributed by atoms with Crippen molar-refractivity contribution in [1.29, 1.82) is 0 Å². The van der Waals surface area contributed by atoms with E-state index in [-0.39, 0.29) is 0 Å². The summed E-state index contributed by atoms with van der Waals surface area (Å²) in [6.45, 7) is 4.67. The molecule has 1 aromatic rings. The van der Waals surface area contributed by atoms with E-state index in [1.54, 1.807) is 7.11 Å². The fraction of sp³-hybridized carbons (Fsp3) is 0.600. The summed E-state index contributed by atoms with van der Waals surface area (Å²) in [5.41, 5.74) is 8.14. The van der Waals surface area contributed by atoms with Crippen molar-refractivity contribution in [2.75, 3.05) is 18.2 Å². The first-order chi connectivity index (χ1) is 8.53. The molecule has 1 aliphatic rings. The molecule has 1 atom stereocenters. The van der Waals surface area contributed by atoms with E-state index in [4.69, 9.17) is 10.5 Å². The molecule has 0 aliphatic heterocycles. The van der Waals surface area contributed by atoms with Crippen molar-refractivity contribution in [3.05, 3.63) is 18.2 Å². The Morgan fingerprint density at radius 3 is 2.78 bits per heavy atom. The van der Waals surface area contributed by atoms with Gasteiger partial charge in [-0.05, 0) is 30.4 Å². The van der Waals surface area contributed by atoms with Crippen LogP contribution in [-0.4, -0.2) is 13.2 Å². The zero-order chi connectivity index (χ0) is 13.2. The third-order valence-corrected chi connectivity index (χ3v) is 4.10. The summed E-state index contributed by atoms with van der Waals surface area (Å²) in [5.74, 6) is 0.848. The van der Waals surface area contributed by atoms with Crippen LogP contribution in [0.5, 0.6) is 5.75 Å². The lowest BCUT2D eigenvalue weighted by atomic mass is 9.73. The number of nitrogen functional groups attached to an aromatic ring is 1. The smallest absolute Gasteiger partial charge is 0.121 e. The second-order valence-electron chi connectivity index (χ2n) is 5.88. The van der Waals surface area contributed by atoms with Crippen LogP contribution < -0.4 is 15.8 Å². The van der Waals surface area contributed by atoms with E-state index in [2.05, 4.69) is 19.2 Å². The molecule has 0 bridgehead atoms. The van der Waals surface area contributed by atoms with Gasteiger partial charge in [-0.2, -0.15) is 0 Å². The maximum absolute atomic E-state index is 6.03. The Morgan fingerprint density at radius 1 is 1.33 bits per heavy atom. The average molecular weight is 248 g/mol. The number of methoxy groups -OCH3 is 1. The Labute approximate surface area is 110 Å². The van der Waals surface area contributed by atoms with Gasteiger partial charge in [-0.15, -0.1) is 0 Å². The first kappa shape index (κ1) is 13.1. The molecular formula is C15H24N2O. The largest absolute Gasteiger partial charge is 0.497 e. The van der Waals surface area contributed by atoms with Gasteiger partial charge in [0.2, 0.25) is 0 Å². The van der Waals surface area contributed by atoms with E-state index in [1.165, 1.54) is 25.7 Å². The van der Waals surface area contributed by atoms with Gasteiger partial charge in [0.25, 0.3) is 0 Å². The van der Waals surface area contributed by atoms with Crippen LogP contribution in [-0.2, 0) is 0 Å². The molecule has 18 heavy (non-hydrogen) atoms. The molecule has 3 nitrogen and oxygen atoms in total. The number of ether oxygens (including phenoxy) is 1. The van der Waals surface area contributed by atoms with Gasteiger partial charge < -0.3 is 15.8 Å². The summed E-state index contributed by atoms with van der Waals surface area (Å²) in [7, 11) is 1.68. The number of anilines is 2. The standard InChI is InChI=1S/C15H24N2O/c1-15(2)9-5-4-6-14(15)17-13-10-11(18-3)7-8-12(13)16/h7-8,10,14,17H,4-6,9,16H2,1-3H3. The summed E-state index contributed by atoms with van der Waals surface area (Å²) in [6, 6.07) is 6.27. The van der Waals surface area contributed by atoms with Crippen molar-refractivity contribution < 1.29 is 4.74 Å². The summed E-state index contributed by atoms with van der Waals surface area (Å²) in [5, 5.41) is 3.61. The van der Waals surface area contributed by atoms with Crippen LogP contribution in [0.2, 0.25) is 0 Å². The maximum Gasteiger partial charge on any atom is 0.121 e. The van der Waals surface area contributed by atoms with Crippen molar-refractivity contribution in [3.63, 3.8) is 0 Å². The predicted molar refractivity (Wildman–Crippen MR) is 77.1 cm³/mol. The summed E-state index contributed by atoms with van der Waals surface area (Å²) in [4.78, 5) is 0. The number of rotatable bonds is 3. The van der Waals surface area contributed by atoms with Crippen molar-refractivity contribution in [1.82, 2.24) is 0 Å². The van der Waals surface area contributed by atoms with Gasteiger partial charge in [-0.3, -0.25) is 0 Å². The molecule has 1 aromatic carbocycles. The minimum Gasteiger partial charge on any atom is -0.497 e. The van der Waals surface area contributed by atoms with E-state index in [9.17, 15) is 0 Å². The maximum atomic E-state index is 6.03. The first-order valence-corrected chi connectivity index (χ1v) is 6.73. The van der Waals surface area contributed by atoms with E-state index in [0.717, 1.165) is 17.1 Å². The second-order valence-corrected chi connectivity index (χ2v) is 5.88. The van der Waals surface area contributed by atoms with Crippen LogP contribution in [0.3, 0.4) is 0 Å².